The third-order valence-electron chi connectivity index (χ3n) is 4.99. The van der Waals surface area contributed by atoms with Crippen LogP contribution in [0.1, 0.15) is 76.7 Å². The molecule has 0 radical (unpaired) electrons. The van der Waals surface area contributed by atoms with Crippen molar-refractivity contribution in [3.05, 3.63) is 54.6 Å². The lowest BCUT2D eigenvalue weighted by molar-refractivity contribution is -0.696. The number of hydrogen-bond acceptors (Lipinski definition) is 0. The average molecular weight is 342 g/mol. The average Bonchev–Trinajstić information content (AvgIpc) is 3.09. The van der Waals surface area contributed by atoms with Gasteiger partial charge in [-0.05, 0) is 31.2 Å². The molecule has 25 heavy (non-hydrogen) atoms. The fraction of sp³-hybridized carbons (Fsp3) is 0.609. The Hall–Kier alpha value is -1.57. The fourth-order valence-corrected chi connectivity index (χ4v) is 3.42. The summed E-state index contributed by atoms with van der Waals surface area (Å²) in [5.74, 6) is 0. The van der Waals surface area contributed by atoms with Crippen molar-refractivity contribution >= 4 is 0 Å². The van der Waals surface area contributed by atoms with Gasteiger partial charge in [-0.15, -0.1) is 0 Å². The van der Waals surface area contributed by atoms with Gasteiger partial charge in [-0.25, -0.2) is 9.13 Å². The van der Waals surface area contributed by atoms with Crippen LogP contribution in [-0.4, -0.2) is 4.57 Å². The van der Waals surface area contributed by atoms with Gasteiger partial charge in [0.25, 0.3) is 0 Å². The van der Waals surface area contributed by atoms with E-state index in [0.29, 0.717) is 0 Å². The second-order valence-corrected chi connectivity index (χ2v) is 7.31. The molecule has 138 valence electrons. The van der Waals surface area contributed by atoms with E-state index in [1.807, 2.05) is 0 Å². The molecule has 0 aliphatic rings. The van der Waals surface area contributed by atoms with E-state index in [0.717, 1.165) is 13.0 Å². The number of aryl methyl sites for hydroxylation is 3. The van der Waals surface area contributed by atoms with Crippen molar-refractivity contribution in [1.29, 1.82) is 0 Å². The molecule has 2 aromatic rings. The Bertz CT molecular complexity index is 544. The second-order valence-electron chi connectivity index (χ2n) is 7.31. The first kappa shape index (κ1) is 19.8. The molecule has 0 fully saturated rings. The lowest BCUT2D eigenvalue weighted by atomic mass is 10.1. The van der Waals surface area contributed by atoms with Crippen molar-refractivity contribution in [2.75, 3.05) is 0 Å². The molecule has 1 aromatic carbocycles. The number of aromatic nitrogens is 2. The second kappa shape index (κ2) is 12.7. The first-order valence-corrected chi connectivity index (χ1v) is 10.5. The van der Waals surface area contributed by atoms with Crippen LogP contribution in [0.5, 0.6) is 0 Å². The first-order chi connectivity index (χ1) is 12.4. The highest BCUT2D eigenvalue weighted by atomic mass is 15.1. The molecule has 0 amide bonds. The minimum atomic E-state index is 1.11. The summed E-state index contributed by atoms with van der Waals surface area (Å²) in [5.41, 5.74) is 1.44. The third-order valence-corrected chi connectivity index (χ3v) is 4.99. The molecule has 0 aliphatic heterocycles. The first-order valence-electron chi connectivity index (χ1n) is 10.5. The van der Waals surface area contributed by atoms with Gasteiger partial charge < -0.3 is 0 Å². The maximum atomic E-state index is 2.35. The van der Waals surface area contributed by atoms with Gasteiger partial charge in [0.2, 0.25) is 6.33 Å². The smallest absolute Gasteiger partial charge is 0.237 e. The van der Waals surface area contributed by atoms with Crippen LogP contribution in [-0.2, 0) is 19.5 Å². The Kier molecular flexibility index (Phi) is 10.1. The Morgan fingerprint density at radius 2 is 1.48 bits per heavy atom. The SMILES string of the molecule is CCCCCCCCCCCn1cc[n+](CCCc2ccccc2)c1. The zero-order valence-electron chi connectivity index (χ0n) is 16.2. The van der Waals surface area contributed by atoms with Crippen molar-refractivity contribution in [2.24, 2.45) is 0 Å². The predicted molar refractivity (Wildman–Crippen MR) is 107 cm³/mol. The standard InChI is InChI=1S/C23H37N2/c1-2-3-4-5-6-7-8-9-13-18-24-20-21-25(22-24)19-14-17-23-15-11-10-12-16-23/h10-12,15-16,20-22H,2-9,13-14,17-19H2,1H3/q+1. The highest BCUT2D eigenvalue weighted by Crippen LogP contribution is 2.10. The fourth-order valence-electron chi connectivity index (χ4n) is 3.42. The number of unbranched alkanes of at least 4 members (excludes halogenated alkanes) is 8. The molecule has 0 bridgehead atoms. The quantitative estimate of drug-likeness (QED) is 0.297. The van der Waals surface area contributed by atoms with Gasteiger partial charge in [0.05, 0.1) is 13.1 Å². The van der Waals surface area contributed by atoms with E-state index in [1.54, 1.807) is 0 Å². The maximum Gasteiger partial charge on any atom is 0.243 e. The Balaban J connectivity index is 1.50. The highest BCUT2D eigenvalue weighted by Gasteiger charge is 2.03. The van der Waals surface area contributed by atoms with E-state index in [-0.39, 0.29) is 0 Å². The summed E-state index contributed by atoms with van der Waals surface area (Å²) < 4.78 is 4.68. The van der Waals surface area contributed by atoms with E-state index in [1.165, 1.54) is 76.3 Å². The van der Waals surface area contributed by atoms with Crippen molar-refractivity contribution < 1.29 is 4.57 Å². The Morgan fingerprint density at radius 3 is 2.20 bits per heavy atom. The highest BCUT2D eigenvalue weighted by molar-refractivity contribution is 5.14. The van der Waals surface area contributed by atoms with E-state index >= 15 is 0 Å². The number of rotatable bonds is 14. The molecule has 0 spiro atoms. The van der Waals surface area contributed by atoms with Crippen molar-refractivity contribution in [3.63, 3.8) is 0 Å². The van der Waals surface area contributed by atoms with Gasteiger partial charge in [0, 0.05) is 0 Å². The van der Waals surface area contributed by atoms with Gasteiger partial charge in [0.15, 0.2) is 0 Å². The molecule has 0 atom stereocenters. The van der Waals surface area contributed by atoms with Crippen LogP contribution < -0.4 is 4.57 Å². The lowest BCUT2D eigenvalue weighted by Gasteiger charge is -2.01. The molecule has 2 nitrogen and oxygen atoms in total. The Morgan fingerprint density at radius 1 is 0.800 bits per heavy atom. The normalized spacial score (nSPS) is 11.1. The Labute approximate surface area is 154 Å². The monoisotopic (exact) mass is 341 g/mol. The van der Waals surface area contributed by atoms with E-state index in [2.05, 4.69) is 65.1 Å². The van der Waals surface area contributed by atoms with Crippen LogP contribution in [0.3, 0.4) is 0 Å². The van der Waals surface area contributed by atoms with Crippen LogP contribution >= 0.6 is 0 Å². The molecule has 1 aromatic heterocycles. The minimum absolute atomic E-state index is 1.11. The summed E-state index contributed by atoms with van der Waals surface area (Å²) in [6, 6.07) is 10.8. The summed E-state index contributed by atoms with van der Waals surface area (Å²) in [6.07, 6.45) is 21.7. The predicted octanol–water partition coefficient (Wildman–Crippen LogP) is 5.94. The van der Waals surface area contributed by atoms with Gasteiger partial charge in [0.1, 0.15) is 12.4 Å². The maximum absolute atomic E-state index is 2.35. The van der Waals surface area contributed by atoms with Crippen LogP contribution in [0.25, 0.3) is 0 Å². The summed E-state index contributed by atoms with van der Waals surface area (Å²) in [7, 11) is 0. The third kappa shape index (κ3) is 8.90. The number of nitrogens with zero attached hydrogens (tertiary/aromatic N) is 2. The topological polar surface area (TPSA) is 8.81 Å². The molecular weight excluding hydrogens is 304 g/mol. The lowest BCUT2D eigenvalue weighted by Crippen LogP contribution is -2.31. The van der Waals surface area contributed by atoms with E-state index < -0.39 is 0 Å². The molecule has 0 saturated carbocycles. The summed E-state index contributed by atoms with van der Waals surface area (Å²) in [6.45, 7) is 4.56. The zero-order valence-corrected chi connectivity index (χ0v) is 16.2. The summed E-state index contributed by atoms with van der Waals surface area (Å²) in [5, 5.41) is 0. The van der Waals surface area contributed by atoms with Crippen molar-refractivity contribution in [1.82, 2.24) is 4.57 Å². The van der Waals surface area contributed by atoms with Crippen molar-refractivity contribution in [3.8, 4) is 0 Å². The summed E-state index contributed by atoms with van der Waals surface area (Å²) >= 11 is 0. The minimum Gasteiger partial charge on any atom is -0.237 e. The summed E-state index contributed by atoms with van der Waals surface area (Å²) in [4.78, 5) is 0. The van der Waals surface area contributed by atoms with Gasteiger partial charge >= 0.3 is 0 Å². The van der Waals surface area contributed by atoms with Crippen LogP contribution in [0, 0.1) is 0 Å². The van der Waals surface area contributed by atoms with Crippen LogP contribution in [0.15, 0.2) is 49.1 Å². The zero-order chi connectivity index (χ0) is 17.6. The number of imidazole rings is 1. The number of hydrogen-bond donors (Lipinski definition) is 0. The molecule has 2 heteroatoms. The van der Waals surface area contributed by atoms with Gasteiger partial charge in [-0.1, -0.05) is 82.2 Å². The van der Waals surface area contributed by atoms with Gasteiger partial charge in [-0.3, -0.25) is 0 Å². The van der Waals surface area contributed by atoms with Crippen LogP contribution in [0.2, 0.25) is 0 Å². The van der Waals surface area contributed by atoms with Gasteiger partial charge in [-0.2, -0.15) is 0 Å². The van der Waals surface area contributed by atoms with Crippen molar-refractivity contribution in [2.45, 2.75) is 90.6 Å². The van der Waals surface area contributed by atoms with E-state index in [9.17, 15) is 0 Å². The molecule has 0 N–H and O–H groups in total. The molecule has 1 heterocycles. The van der Waals surface area contributed by atoms with E-state index in [4.69, 9.17) is 0 Å². The molecule has 0 aliphatic carbocycles. The molecule has 0 saturated heterocycles. The largest absolute Gasteiger partial charge is 0.243 e. The number of benzene rings is 1. The molecule has 0 unspecified atom stereocenters. The van der Waals surface area contributed by atoms with Crippen LogP contribution in [0.4, 0.5) is 0 Å². The molecule has 2 rings (SSSR count). The molecular formula is C23H37N2+.